The Morgan fingerprint density at radius 1 is 1.73 bits per heavy atom. The summed E-state index contributed by atoms with van der Waals surface area (Å²) in [6.45, 7) is 6.77. The topological polar surface area (TPSA) is 41.1 Å². The van der Waals surface area contributed by atoms with Crippen molar-refractivity contribution in [3.63, 3.8) is 0 Å². The van der Waals surface area contributed by atoms with E-state index in [2.05, 4.69) is 17.2 Å². The number of hydrogen-bond donors (Lipinski definition) is 2. The van der Waals surface area contributed by atoms with Crippen LogP contribution in [-0.2, 0) is 4.79 Å². The minimum absolute atomic E-state index is 0.165. The van der Waals surface area contributed by atoms with Crippen LogP contribution in [0.25, 0.3) is 0 Å². The molecule has 1 heterocycles. The largest absolute Gasteiger partial charge is 0.353 e. The number of rotatable bonds is 6. The van der Waals surface area contributed by atoms with Crippen molar-refractivity contribution >= 4 is 5.91 Å². The van der Waals surface area contributed by atoms with Gasteiger partial charge in [-0.3, -0.25) is 4.79 Å². The Bertz CT molecular complexity index is 210. The van der Waals surface area contributed by atoms with E-state index in [-0.39, 0.29) is 11.9 Å². The van der Waals surface area contributed by atoms with E-state index in [1.54, 1.807) is 0 Å². The van der Waals surface area contributed by atoms with Crippen molar-refractivity contribution in [1.29, 1.82) is 0 Å². The Morgan fingerprint density at radius 3 is 3.13 bits per heavy atom. The summed E-state index contributed by atoms with van der Waals surface area (Å²) >= 11 is 0. The zero-order chi connectivity index (χ0) is 11.1. The lowest BCUT2D eigenvalue weighted by Gasteiger charge is -2.13. The van der Waals surface area contributed by atoms with Gasteiger partial charge in [-0.2, -0.15) is 0 Å². The highest BCUT2D eigenvalue weighted by Gasteiger charge is 2.15. The van der Waals surface area contributed by atoms with Gasteiger partial charge in [0.1, 0.15) is 0 Å². The SMILES string of the molecule is C=CCC(C)NC(=O)CCC1CCCN1. The Kier molecular flexibility index (Phi) is 5.40. The van der Waals surface area contributed by atoms with Gasteiger partial charge >= 0.3 is 0 Å². The molecule has 0 bridgehead atoms. The molecule has 1 aliphatic heterocycles. The first kappa shape index (κ1) is 12.2. The summed E-state index contributed by atoms with van der Waals surface area (Å²) in [4.78, 5) is 11.5. The van der Waals surface area contributed by atoms with Gasteiger partial charge < -0.3 is 10.6 Å². The molecule has 0 radical (unpaired) electrons. The highest BCUT2D eigenvalue weighted by Crippen LogP contribution is 2.10. The average molecular weight is 210 g/mol. The van der Waals surface area contributed by atoms with Crippen LogP contribution in [0.3, 0.4) is 0 Å². The van der Waals surface area contributed by atoms with E-state index in [1.165, 1.54) is 12.8 Å². The highest BCUT2D eigenvalue weighted by atomic mass is 16.1. The number of hydrogen-bond acceptors (Lipinski definition) is 2. The highest BCUT2D eigenvalue weighted by molar-refractivity contribution is 5.76. The van der Waals surface area contributed by atoms with Gasteiger partial charge in [0.05, 0.1) is 0 Å². The Hall–Kier alpha value is -0.830. The van der Waals surface area contributed by atoms with E-state index < -0.39 is 0 Å². The molecule has 1 amide bonds. The molecule has 1 aliphatic rings. The lowest BCUT2D eigenvalue weighted by Crippen LogP contribution is -2.33. The number of amides is 1. The van der Waals surface area contributed by atoms with E-state index in [1.807, 2.05) is 13.0 Å². The minimum atomic E-state index is 0.165. The van der Waals surface area contributed by atoms with Gasteiger partial charge in [0, 0.05) is 18.5 Å². The van der Waals surface area contributed by atoms with Crippen LogP contribution < -0.4 is 10.6 Å². The molecule has 2 unspecified atom stereocenters. The normalized spacial score (nSPS) is 22.3. The van der Waals surface area contributed by atoms with Crippen LogP contribution in [-0.4, -0.2) is 24.5 Å². The van der Waals surface area contributed by atoms with Crippen LogP contribution in [0.4, 0.5) is 0 Å². The second kappa shape index (κ2) is 6.62. The molecular weight excluding hydrogens is 188 g/mol. The van der Waals surface area contributed by atoms with Crippen molar-refractivity contribution in [1.82, 2.24) is 10.6 Å². The van der Waals surface area contributed by atoms with Crippen LogP contribution in [0.15, 0.2) is 12.7 Å². The summed E-state index contributed by atoms with van der Waals surface area (Å²) in [5.74, 6) is 0.165. The van der Waals surface area contributed by atoms with E-state index in [0.717, 1.165) is 19.4 Å². The van der Waals surface area contributed by atoms with Crippen molar-refractivity contribution in [2.24, 2.45) is 0 Å². The Balaban J connectivity index is 2.09. The average Bonchev–Trinajstić information content (AvgIpc) is 2.67. The molecule has 1 rings (SSSR count). The fraction of sp³-hybridized carbons (Fsp3) is 0.750. The third kappa shape index (κ3) is 4.98. The number of carbonyl (C=O) groups excluding carboxylic acids is 1. The Labute approximate surface area is 92.3 Å². The smallest absolute Gasteiger partial charge is 0.220 e. The van der Waals surface area contributed by atoms with Crippen molar-refractivity contribution < 1.29 is 4.79 Å². The molecule has 2 N–H and O–H groups in total. The second-order valence-corrected chi connectivity index (χ2v) is 4.32. The molecule has 0 aromatic rings. The van der Waals surface area contributed by atoms with Crippen LogP contribution in [0.2, 0.25) is 0 Å². The maximum absolute atomic E-state index is 11.5. The molecule has 0 aromatic carbocycles. The zero-order valence-electron chi connectivity index (χ0n) is 9.59. The summed E-state index contributed by atoms with van der Waals surface area (Å²) in [7, 11) is 0. The van der Waals surface area contributed by atoms with Gasteiger partial charge in [-0.05, 0) is 39.2 Å². The van der Waals surface area contributed by atoms with Gasteiger partial charge in [0.2, 0.25) is 5.91 Å². The predicted molar refractivity (Wildman–Crippen MR) is 62.7 cm³/mol. The molecule has 86 valence electrons. The van der Waals surface area contributed by atoms with E-state index in [9.17, 15) is 4.79 Å². The first-order chi connectivity index (χ1) is 7.22. The van der Waals surface area contributed by atoms with Gasteiger partial charge in [-0.25, -0.2) is 0 Å². The molecule has 3 heteroatoms. The standard InChI is InChI=1S/C12H22N2O/c1-3-5-10(2)14-12(15)8-7-11-6-4-9-13-11/h3,10-11,13H,1,4-9H2,2H3,(H,14,15). The summed E-state index contributed by atoms with van der Waals surface area (Å²) < 4.78 is 0. The fourth-order valence-electron chi connectivity index (χ4n) is 1.96. The van der Waals surface area contributed by atoms with Crippen LogP contribution in [0, 0.1) is 0 Å². The zero-order valence-corrected chi connectivity index (χ0v) is 9.59. The molecule has 0 aliphatic carbocycles. The van der Waals surface area contributed by atoms with Gasteiger partial charge in [-0.15, -0.1) is 6.58 Å². The van der Waals surface area contributed by atoms with E-state index in [0.29, 0.717) is 12.5 Å². The van der Waals surface area contributed by atoms with Crippen molar-refractivity contribution in [2.75, 3.05) is 6.54 Å². The molecular formula is C12H22N2O. The first-order valence-electron chi connectivity index (χ1n) is 5.86. The first-order valence-corrected chi connectivity index (χ1v) is 5.86. The third-order valence-electron chi connectivity index (χ3n) is 2.81. The maximum Gasteiger partial charge on any atom is 0.220 e. The van der Waals surface area contributed by atoms with Crippen LogP contribution in [0.1, 0.15) is 39.0 Å². The van der Waals surface area contributed by atoms with E-state index >= 15 is 0 Å². The van der Waals surface area contributed by atoms with Gasteiger partial charge in [0.15, 0.2) is 0 Å². The molecule has 0 spiro atoms. The second-order valence-electron chi connectivity index (χ2n) is 4.32. The quantitative estimate of drug-likeness (QED) is 0.654. The van der Waals surface area contributed by atoms with Crippen molar-refractivity contribution in [3.8, 4) is 0 Å². The third-order valence-corrected chi connectivity index (χ3v) is 2.81. The molecule has 0 aromatic heterocycles. The summed E-state index contributed by atoms with van der Waals surface area (Å²) in [5, 5.41) is 6.36. The molecule has 1 fully saturated rings. The lowest BCUT2D eigenvalue weighted by atomic mass is 10.1. The van der Waals surface area contributed by atoms with E-state index in [4.69, 9.17) is 0 Å². The molecule has 15 heavy (non-hydrogen) atoms. The monoisotopic (exact) mass is 210 g/mol. The number of carbonyl (C=O) groups is 1. The summed E-state index contributed by atoms with van der Waals surface area (Å²) in [5.41, 5.74) is 0. The van der Waals surface area contributed by atoms with Crippen molar-refractivity contribution in [3.05, 3.63) is 12.7 Å². The molecule has 0 saturated carbocycles. The molecule has 3 nitrogen and oxygen atoms in total. The lowest BCUT2D eigenvalue weighted by molar-refractivity contribution is -0.121. The fourth-order valence-corrected chi connectivity index (χ4v) is 1.96. The minimum Gasteiger partial charge on any atom is -0.353 e. The predicted octanol–water partition coefficient (Wildman–Crippen LogP) is 1.60. The Morgan fingerprint density at radius 2 is 2.53 bits per heavy atom. The summed E-state index contributed by atoms with van der Waals surface area (Å²) in [6, 6.07) is 0.775. The number of nitrogens with one attached hydrogen (secondary N) is 2. The van der Waals surface area contributed by atoms with Crippen molar-refractivity contribution in [2.45, 2.75) is 51.1 Å². The van der Waals surface area contributed by atoms with Gasteiger partial charge in [0.25, 0.3) is 0 Å². The summed E-state index contributed by atoms with van der Waals surface area (Å²) in [6.07, 6.45) is 6.75. The van der Waals surface area contributed by atoms with Crippen LogP contribution in [0.5, 0.6) is 0 Å². The molecule has 2 atom stereocenters. The maximum atomic E-state index is 11.5. The van der Waals surface area contributed by atoms with Gasteiger partial charge in [-0.1, -0.05) is 6.08 Å². The molecule has 1 saturated heterocycles. The van der Waals surface area contributed by atoms with Crippen LogP contribution >= 0.6 is 0 Å².